The zero-order valence-electron chi connectivity index (χ0n) is 14.7. The molecule has 26 heavy (non-hydrogen) atoms. The molecule has 5 heteroatoms. The number of benzene rings is 2. The monoisotopic (exact) mass is 384 g/mol. The van der Waals surface area contributed by atoms with Gasteiger partial charge in [0, 0.05) is 38.5 Å². The lowest BCUT2D eigenvalue weighted by Crippen LogP contribution is -2.43. The van der Waals surface area contributed by atoms with Crippen LogP contribution in [0.5, 0.6) is 5.75 Å². The Balaban J connectivity index is 1.65. The summed E-state index contributed by atoms with van der Waals surface area (Å²) >= 11 is 8.23. The highest BCUT2D eigenvalue weighted by atomic mass is 35.5. The van der Waals surface area contributed by atoms with Crippen LogP contribution in [-0.4, -0.2) is 35.7 Å². The van der Waals surface area contributed by atoms with E-state index >= 15 is 0 Å². The molecule has 3 nitrogen and oxygen atoms in total. The van der Waals surface area contributed by atoms with Crippen molar-refractivity contribution in [2.45, 2.75) is 29.2 Å². The predicted molar refractivity (Wildman–Crippen MR) is 108 cm³/mol. The summed E-state index contributed by atoms with van der Waals surface area (Å²) in [4.78, 5) is 5.05. The van der Waals surface area contributed by atoms with E-state index in [1.165, 1.54) is 45.9 Å². The third-order valence-electron chi connectivity index (χ3n) is 5.39. The molecule has 5 rings (SSSR count). The molecule has 1 saturated heterocycles. The van der Waals surface area contributed by atoms with Gasteiger partial charge < -0.3 is 14.2 Å². The molecule has 0 bridgehead atoms. The molecule has 3 heterocycles. The fourth-order valence-electron chi connectivity index (χ4n) is 4.03. The number of aromatic nitrogens is 1. The number of halogens is 1. The van der Waals surface area contributed by atoms with E-state index in [9.17, 15) is 0 Å². The molecule has 2 aliphatic heterocycles. The fraction of sp³-hybridized carbons (Fsp3) is 0.333. The van der Waals surface area contributed by atoms with Crippen LogP contribution in [0.3, 0.4) is 0 Å². The highest BCUT2D eigenvalue weighted by Gasteiger charge is 2.30. The third-order valence-corrected chi connectivity index (χ3v) is 6.84. The summed E-state index contributed by atoms with van der Waals surface area (Å²) in [5.74, 6) is 0.912. The van der Waals surface area contributed by atoms with Gasteiger partial charge in [-0.15, -0.1) is 0 Å². The first-order valence-corrected chi connectivity index (χ1v) is 10.3. The van der Waals surface area contributed by atoms with Crippen molar-refractivity contribution in [2.75, 3.05) is 26.2 Å². The first-order valence-electron chi connectivity index (χ1n) is 9.13. The van der Waals surface area contributed by atoms with Crippen LogP contribution in [0.4, 0.5) is 0 Å². The lowest BCUT2D eigenvalue weighted by Gasteiger charge is -2.36. The van der Waals surface area contributed by atoms with Crippen LogP contribution >= 0.6 is 23.4 Å². The second-order valence-electron chi connectivity index (χ2n) is 7.12. The van der Waals surface area contributed by atoms with Crippen LogP contribution < -0.4 is 4.74 Å². The maximum atomic E-state index is 6.41. The smallest absolute Gasteiger partial charge is 0.145 e. The van der Waals surface area contributed by atoms with Gasteiger partial charge in [0.25, 0.3) is 0 Å². The molecule has 0 radical (unpaired) electrons. The molecule has 3 aromatic rings. The first-order chi connectivity index (χ1) is 12.7. The van der Waals surface area contributed by atoms with Crippen LogP contribution in [0.15, 0.2) is 52.3 Å². The molecule has 0 spiro atoms. The van der Waals surface area contributed by atoms with Gasteiger partial charge in [0.05, 0.1) is 11.6 Å². The number of rotatable bonds is 4. The molecule has 1 atom stereocenters. The first kappa shape index (κ1) is 16.5. The topological polar surface area (TPSA) is 17.4 Å². The summed E-state index contributed by atoms with van der Waals surface area (Å²) in [6, 6.07) is 14.9. The largest absolute Gasteiger partial charge is 0.489 e. The van der Waals surface area contributed by atoms with E-state index in [1.54, 1.807) is 0 Å². The summed E-state index contributed by atoms with van der Waals surface area (Å²) in [5, 5.41) is 1.94. The summed E-state index contributed by atoms with van der Waals surface area (Å²) in [5.41, 5.74) is 2.51. The Morgan fingerprint density at radius 1 is 1.19 bits per heavy atom. The Hall–Kier alpha value is -1.62. The summed E-state index contributed by atoms with van der Waals surface area (Å²) in [7, 11) is 0. The van der Waals surface area contributed by atoms with E-state index in [0.29, 0.717) is 12.6 Å². The average molecular weight is 385 g/mol. The minimum Gasteiger partial charge on any atom is -0.489 e. The zero-order valence-corrected chi connectivity index (χ0v) is 16.3. The van der Waals surface area contributed by atoms with E-state index in [4.69, 9.17) is 16.3 Å². The predicted octanol–water partition coefficient (Wildman–Crippen LogP) is 5.39. The van der Waals surface area contributed by atoms with Gasteiger partial charge in [-0.1, -0.05) is 41.6 Å². The highest BCUT2D eigenvalue weighted by Crippen LogP contribution is 2.46. The molecular weight excluding hydrogens is 364 g/mol. The number of hydrogen-bond donors (Lipinski definition) is 0. The number of likely N-dealkylation sites (tertiary alicyclic amines) is 1. The third kappa shape index (κ3) is 2.72. The van der Waals surface area contributed by atoms with E-state index in [2.05, 4.69) is 52.8 Å². The standard InChI is InChI=1S/C21H21ClN2OS/c1-14-21(26-17-6-3-2-4-7-17)18-10-15(22)11-19-20(18)24(14)16(13-25-19)12-23-8-5-9-23/h2-4,6-7,10-11,16H,5,8-9,12-13H2,1H3. The van der Waals surface area contributed by atoms with Gasteiger partial charge in [-0.3, -0.25) is 0 Å². The van der Waals surface area contributed by atoms with Crippen LogP contribution in [0.2, 0.25) is 5.02 Å². The Morgan fingerprint density at radius 2 is 2.00 bits per heavy atom. The molecule has 1 unspecified atom stereocenters. The highest BCUT2D eigenvalue weighted by molar-refractivity contribution is 7.99. The van der Waals surface area contributed by atoms with Crippen LogP contribution in [0.25, 0.3) is 10.9 Å². The van der Waals surface area contributed by atoms with Crippen molar-refractivity contribution in [3.05, 3.63) is 53.2 Å². The van der Waals surface area contributed by atoms with Gasteiger partial charge in [-0.05, 0) is 44.6 Å². The minimum atomic E-state index is 0.358. The van der Waals surface area contributed by atoms with Crippen molar-refractivity contribution >= 4 is 34.3 Å². The Bertz CT molecular complexity index is 965. The molecular formula is C21H21ClN2OS. The Labute approximate surface area is 162 Å². The molecule has 0 N–H and O–H groups in total. The second-order valence-corrected chi connectivity index (χ2v) is 8.64. The molecule has 2 aliphatic rings. The van der Waals surface area contributed by atoms with Crippen LogP contribution in [0, 0.1) is 6.92 Å². The van der Waals surface area contributed by atoms with Gasteiger partial charge in [-0.25, -0.2) is 0 Å². The molecule has 134 valence electrons. The summed E-state index contributed by atoms with van der Waals surface area (Å²) in [6.07, 6.45) is 1.31. The number of ether oxygens (including phenoxy) is 1. The fourth-order valence-corrected chi connectivity index (χ4v) is 5.28. The second kappa shape index (κ2) is 6.52. The molecule has 0 amide bonds. The maximum absolute atomic E-state index is 6.41. The normalized spacial score (nSPS) is 19.4. The zero-order chi connectivity index (χ0) is 17.7. The summed E-state index contributed by atoms with van der Waals surface area (Å²) < 4.78 is 8.63. The van der Waals surface area contributed by atoms with E-state index < -0.39 is 0 Å². The average Bonchev–Trinajstić information content (AvgIpc) is 2.88. The van der Waals surface area contributed by atoms with Crippen molar-refractivity contribution in [2.24, 2.45) is 0 Å². The van der Waals surface area contributed by atoms with Crippen LogP contribution in [-0.2, 0) is 0 Å². The minimum absolute atomic E-state index is 0.358. The lowest BCUT2D eigenvalue weighted by atomic mass is 10.1. The maximum Gasteiger partial charge on any atom is 0.145 e. The van der Waals surface area contributed by atoms with Gasteiger partial charge in [-0.2, -0.15) is 0 Å². The lowest BCUT2D eigenvalue weighted by molar-refractivity contribution is 0.123. The summed E-state index contributed by atoms with van der Waals surface area (Å²) in [6.45, 7) is 6.42. The molecule has 0 aliphatic carbocycles. The van der Waals surface area contributed by atoms with Gasteiger partial charge in [0.2, 0.25) is 0 Å². The molecule has 1 fully saturated rings. The van der Waals surface area contributed by atoms with E-state index in [-0.39, 0.29) is 0 Å². The molecule has 1 aromatic heterocycles. The Kier molecular flexibility index (Phi) is 4.15. The van der Waals surface area contributed by atoms with Gasteiger partial charge >= 0.3 is 0 Å². The molecule has 0 saturated carbocycles. The van der Waals surface area contributed by atoms with E-state index in [0.717, 1.165) is 17.3 Å². The van der Waals surface area contributed by atoms with E-state index in [1.807, 2.05) is 17.8 Å². The van der Waals surface area contributed by atoms with Crippen molar-refractivity contribution in [1.29, 1.82) is 0 Å². The quantitative estimate of drug-likeness (QED) is 0.600. The van der Waals surface area contributed by atoms with Crippen LogP contribution in [0.1, 0.15) is 18.2 Å². The van der Waals surface area contributed by atoms with Crippen molar-refractivity contribution in [1.82, 2.24) is 9.47 Å². The number of nitrogens with zero attached hydrogens (tertiary/aromatic N) is 2. The van der Waals surface area contributed by atoms with Crippen molar-refractivity contribution in [3.63, 3.8) is 0 Å². The van der Waals surface area contributed by atoms with Gasteiger partial charge in [0.1, 0.15) is 12.4 Å². The molecule has 2 aromatic carbocycles. The SMILES string of the molecule is Cc1c(Sc2ccccc2)c2cc(Cl)cc3c2n1C(CN1CCC1)CO3. The number of hydrogen-bond acceptors (Lipinski definition) is 3. The Morgan fingerprint density at radius 3 is 2.73 bits per heavy atom. The van der Waals surface area contributed by atoms with Gasteiger partial charge in [0.15, 0.2) is 0 Å². The van der Waals surface area contributed by atoms with Crippen molar-refractivity contribution in [3.8, 4) is 5.75 Å². The van der Waals surface area contributed by atoms with Crippen molar-refractivity contribution < 1.29 is 4.74 Å².